The highest BCUT2D eigenvalue weighted by Crippen LogP contribution is 2.10. The Morgan fingerprint density at radius 2 is 1.94 bits per heavy atom. The molecule has 1 amide bonds. The molecule has 1 rings (SSSR count). The minimum atomic E-state index is -3.30. The first kappa shape index (κ1) is 15.4. The second kappa shape index (κ2) is 6.49. The number of sulfonamides is 1. The zero-order valence-electron chi connectivity index (χ0n) is 11.3. The van der Waals surface area contributed by atoms with Gasteiger partial charge in [0, 0.05) is 40.2 Å². The number of amides is 1. The molecule has 0 bridgehead atoms. The number of hydrogen-bond donors (Lipinski definition) is 0. The van der Waals surface area contributed by atoms with Gasteiger partial charge in [0.15, 0.2) is 0 Å². The van der Waals surface area contributed by atoms with Crippen LogP contribution in [0.5, 0.6) is 0 Å². The number of methoxy groups -OCH3 is 1. The van der Waals surface area contributed by atoms with Gasteiger partial charge in [0.05, 0.1) is 11.9 Å². The van der Waals surface area contributed by atoms with Crippen LogP contribution >= 0.6 is 0 Å². The maximum absolute atomic E-state index is 12.1. The molecule has 1 aliphatic heterocycles. The molecule has 106 valence electrons. The third-order valence-corrected chi connectivity index (χ3v) is 5.18. The van der Waals surface area contributed by atoms with Gasteiger partial charge in [-0.25, -0.2) is 12.7 Å². The highest BCUT2D eigenvalue weighted by molar-refractivity contribution is 7.89. The van der Waals surface area contributed by atoms with Crippen molar-refractivity contribution < 1.29 is 17.9 Å². The van der Waals surface area contributed by atoms with Gasteiger partial charge in [-0.2, -0.15) is 0 Å². The summed E-state index contributed by atoms with van der Waals surface area (Å²) in [5, 5.41) is 0. The van der Waals surface area contributed by atoms with E-state index >= 15 is 0 Å². The first-order valence-electron chi connectivity index (χ1n) is 6.13. The van der Waals surface area contributed by atoms with E-state index < -0.39 is 10.0 Å². The number of hydrogen-bond acceptors (Lipinski definition) is 4. The largest absolute Gasteiger partial charge is 0.381 e. The molecule has 1 heterocycles. The van der Waals surface area contributed by atoms with E-state index in [9.17, 15) is 13.2 Å². The van der Waals surface area contributed by atoms with Crippen LogP contribution in [0, 0.1) is 0 Å². The van der Waals surface area contributed by atoms with Crippen molar-refractivity contribution in [2.45, 2.75) is 26.4 Å². The summed E-state index contributed by atoms with van der Waals surface area (Å²) in [4.78, 5) is 13.0. The third-order valence-electron chi connectivity index (χ3n) is 3.14. The number of ether oxygens (including phenoxy) is 1. The van der Waals surface area contributed by atoms with Crippen molar-refractivity contribution in [2.24, 2.45) is 0 Å². The van der Waals surface area contributed by atoms with Crippen LogP contribution in [0.3, 0.4) is 0 Å². The lowest BCUT2D eigenvalue weighted by molar-refractivity contribution is -0.128. The highest BCUT2D eigenvalue weighted by Gasteiger charge is 2.27. The molecule has 7 heteroatoms. The standard InChI is InChI=1S/C11H22N2O4S/c1-10(17-3)9-18(15,16)13-6-4-5-12(7-8-13)11(2)14/h10H,4-9H2,1-3H3/t10-/m0/s1. The molecular formula is C11H22N2O4S. The van der Waals surface area contributed by atoms with Gasteiger partial charge < -0.3 is 9.64 Å². The Bertz CT molecular complexity index is 383. The first-order chi connectivity index (χ1) is 8.36. The molecule has 0 aromatic carbocycles. The Morgan fingerprint density at radius 1 is 1.28 bits per heavy atom. The molecule has 0 aromatic rings. The van der Waals surface area contributed by atoms with Crippen LogP contribution in [0.25, 0.3) is 0 Å². The van der Waals surface area contributed by atoms with E-state index in [4.69, 9.17) is 4.74 Å². The van der Waals surface area contributed by atoms with Crippen LogP contribution in [-0.2, 0) is 19.6 Å². The molecule has 1 fully saturated rings. The van der Waals surface area contributed by atoms with Gasteiger partial charge in [-0.05, 0) is 13.3 Å². The SMILES string of the molecule is CO[C@@H](C)CS(=O)(=O)N1CCCN(C(C)=O)CC1. The van der Waals surface area contributed by atoms with Crippen LogP contribution in [-0.4, -0.2) is 68.7 Å². The van der Waals surface area contributed by atoms with Gasteiger partial charge in [0.1, 0.15) is 0 Å². The average Bonchev–Trinajstić information content (AvgIpc) is 2.54. The van der Waals surface area contributed by atoms with Gasteiger partial charge >= 0.3 is 0 Å². The zero-order chi connectivity index (χ0) is 13.8. The van der Waals surface area contributed by atoms with Gasteiger partial charge in [0.2, 0.25) is 15.9 Å². The fraction of sp³-hybridized carbons (Fsp3) is 0.909. The molecular weight excluding hydrogens is 256 g/mol. The molecule has 18 heavy (non-hydrogen) atoms. The van der Waals surface area contributed by atoms with Crippen LogP contribution in [0.1, 0.15) is 20.3 Å². The molecule has 6 nitrogen and oxygen atoms in total. The van der Waals surface area contributed by atoms with Crippen LogP contribution in [0.4, 0.5) is 0 Å². The summed E-state index contributed by atoms with van der Waals surface area (Å²) in [6.07, 6.45) is 0.363. The summed E-state index contributed by atoms with van der Waals surface area (Å²) in [5.74, 6) is -0.0108. The number of carbonyl (C=O) groups is 1. The number of rotatable bonds is 4. The van der Waals surface area contributed by atoms with Crippen molar-refractivity contribution in [2.75, 3.05) is 39.0 Å². The molecule has 0 aliphatic carbocycles. The predicted octanol–water partition coefficient (Wildman–Crippen LogP) is -0.0947. The summed E-state index contributed by atoms with van der Waals surface area (Å²) in [7, 11) is -1.80. The van der Waals surface area contributed by atoms with Crippen LogP contribution in [0.2, 0.25) is 0 Å². The van der Waals surface area contributed by atoms with E-state index in [-0.39, 0.29) is 17.8 Å². The van der Waals surface area contributed by atoms with E-state index in [0.717, 1.165) is 0 Å². The topological polar surface area (TPSA) is 66.9 Å². The Balaban J connectivity index is 2.64. The minimum absolute atomic E-state index is 0.000456. The lowest BCUT2D eigenvalue weighted by atomic mass is 10.4. The molecule has 0 unspecified atom stereocenters. The Morgan fingerprint density at radius 3 is 2.50 bits per heavy atom. The molecule has 0 N–H and O–H groups in total. The Labute approximate surface area is 109 Å². The Kier molecular flexibility index (Phi) is 5.55. The van der Waals surface area contributed by atoms with Crippen molar-refractivity contribution in [1.29, 1.82) is 0 Å². The van der Waals surface area contributed by atoms with Crippen molar-refractivity contribution in [3.8, 4) is 0 Å². The third kappa shape index (κ3) is 4.22. The summed E-state index contributed by atoms with van der Waals surface area (Å²) in [5.41, 5.74) is 0. The normalized spacial score (nSPS) is 20.5. The smallest absolute Gasteiger partial charge is 0.219 e. The average molecular weight is 278 g/mol. The van der Waals surface area contributed by atoms with E-state index in [1.54, 1.807) is 11.8 Å². The highest BCUT2D eigenvalue weighted by atomic mass is 32.2. The second-order valence-corrected chi connectivity index (χ2v) is 6.60. The molecule has 0 aromatic heterocycles. The maximum Gasteiger partial charge on any atom is 0.219 e. The van der Waals surface area contributed by atoms with Gasteiger partial charge in [-0.3, -0.25) is 4.79 Å². The van der Waals surface area contributed by atoms with Crippen molar-refractivity contribution >= 4 is 15.9 Å². The summed E-state index contributed by atoms with van der Waals surface area (Å²) in [6.45, 7) is 5.19. The van der Waals surface area contributed by atoms with E-state index in [1.807, 2.05) is 0 Å². The van der Waals surface area contributed by atoms with Crippen molar-refractivity contribution in [3.05, 3.63) is 0 Å². The fourth-order valence-corrected chi connectivity index (χ4v) is 3.66. The quantitative estimate of drug-likeness (QED) is 0.720. The minimum Gasteiger partial charge on any atom is -0.381 e. The maximum atomic E-state index is 12.1. The zero-order valence-corrected chi connectivity index (χ0v) is 12.1. The van der Waals surface area contributed by atoms with Gasteiger partial charge in [-0.1, -0.05) is 0 Å². The summed E-state index contributed by atoms with van der Waals surface area (Å²) in [6, 6.07) is 0. The van der Waals surface area contributed by atoms with E-state index in [2.05, 4.69) is 0 Å². The summed E-state index contributed by atoms with van der Waals surface area (Å²) < 4.78 is 30.7. The monoisotopic (exact) mass is 278 g/mol. The Hall–Kier alpha value is -0.660. The van der Waals surface area contributed by atoms with E-state index in [0.29, 0.717) is 32.6 Å². The van der Waals surface area contributed by atoms with Gasteiger partial charge in [0.25, 0.3) is 0 Å². The van der Waals surface area contributed by atoms with Crippen molar-refractivity contribution in [3.63, 3.8) is 0 Å². The molecule has 0 saturated carbocycles. The van der Waals surface area contributed by atoms with Gasteiger partial charge in [-0.15, -0.1) is 0 Å². The molecule has 0 spiro atoms. The van der Waals surface area contributed by atoms with Crippen LogP contribution < -0.4 is 0 Å². The number of nitrogens with zero attached hydrogens (tertiary/aromatic N) is 2. The van der Waals surface area contributed by atoms with E-state index in [1.165, 1.54) is 18.3 Å². The first-order valence-corrected chi connectivity index (χ1v) is 7.74. The van der Waals surface area contributed by atoms with Crippen molar-refractivity contribution in [1.82, 2.24) is 9.21 Å². The molecule has 1 saturated heterocycles. The second-order valence-electron chi connectivity index (χ2n) is 4.58. The number of carbonyl (C=O) groups excluding carboxylic acids is 1. The molecule has 0 radical (unpaired) electrons. The van der Waals surface area contributed by atoms with Crippen LogP contribution in [0.15, 0.2) is 0 Å². The lowest BCUT2D eigenvalue weighted by Gasteiger charge is -2.22. The molecule has 1 atom stereocenters. The fourth-order valence-electron chi connectivity index (χ4n) is 1.96. The molecule has 1 aliphatic rings. The lowest BCUT2D eigenvalue weighted by Crippen LogP contribution is -2.39. The summed E-state index contributed by atoms with van der Waals surface area (Å²) >= 11 is 0. The predicted molar refractivity (Wildman–Crippen MR) is 68.7 cm³/mol.